The van der Waals surface area contributed by atoms with Crippen LogP contribution in [0, 0.1) is 0 Å². The quantitative estimate of drug-likeness (QED) is 0.720. The van der Waals surface area contributed by atoms with Crippen molar-refractivity contribution in [3.63, 3.8) is 0 Å². The maximum atomic E-state index is 12.3. The van der Waals surface area contributed by atoms with Gasteiger partial charge in [-0.3, -0.25) is 14.5 Å². The topological polar surface area (TPSA) is 79.9 Å². The first-order chi connectivity index (χ1) is 13.9. The summed E-state index contributed by atoms with van der Waals surface area (Å²) in [6.45, 7) is 1.26. The number of fused-ring (bicyclic) bond motifs is 1. The number of benzene rings is 2. The molecule has 0 fully saturated rings. The molecule has 1 aliphatic heterocycles. The van der Waals surface area contributed by atoms with E-state index in [1.807, 2.05) is 0 Å². The Morgan fingerprint density at radius 1 is 0.897 bits per heavy atom. The van der Waals surface area contributed by atoms with Gasteiger partial charge in [0.2, 0.25) is 11.8 Å². The van der Waals surface area contributed by atoms with Crippen molar-refractivity contribution in [2.75, 3.05) is 44.0 Å². The third-order valence-electron chi connectivity index (χ3n) is 4.06. The summed E-state index contributed by atoms with van der Waals surface area (Å²) in [4.78, 5) is 26.1. The molecule has 1 heterocycles. The van der Waals surface area contributed by atoms with Crippen LogP contribution >= 0.6 is 23.2 Å². The van der Waals surface area contributed by atoms with Crippen molar-refractivity contribution in [1.29, 1.82) is 0 Å². The molecule has 2 amide bonds. The van der Waals surface area contributed by atoms with E-state index in [4.69, 9.17) is 32.7 Å². The average Bonchev–Trinajstić information content (AvgIpc) is 2.89. The zero-order chi connectivity index (χ0) is 20.8. The van der Waals surface area contributed by atoms with Crippen LogP contribution in [0.5, 0.6) is 11.5 Å². The lowest BCUT2D eigenvalue weighted by Crippen LogP contribution is -2.36. The van der Waals surface area contributed by atoms with Crippen LogP contribution in [0.25, 0.3) is 0 Å². The van der Waals surface area contributed by atoms with Gasteiger partial charge in [-0.1, -0.05) is 23.2 Å². The summed E-state index contributed by atoms with van der Waals surface area (Å²) in [7, 11) is 1.68. The molecule has 1 aliphatic rings. The van der Waals surface area contributed by atoms with E-state index in [2.05, 4.69) is 10.6 Å². The number of anilines is 2. The zero-order valence-corrected chi connectivity index (χ0v) is 17.3. The molecule has 3 rings (SSSR count). The van der Waals surface area contributed by atoms with Crippen molar-refractivity contribution in [2.45, 2.75) is 6.42 Å². The van der Waals surface area contributed by atoms with E-state index >= 15 is 0 Å². The summed E-state index contributed by atoms with van der Waals surface area (Å²) in [6, 6.07) is 10.1. The molecule has 2 aromatic rings. The monoisotopic (exact) mass is 437 g/mol. The summed E-state index contributed by atoms with van der Waals surface area (Å²) < 4.78 is 11.2. The number of carbonyl (C=O) groups is 2. The Hall–Kier alpha value is -2.48. The molecule has 9 heteroatoms. The van der Waals surface area contributed by atoms with Crippen molar-refractivity contribution in [3.05, 3.63) is 46.4 Å². The van der Waals surface area contributed by atoms with Crippen molar-refractivity contribution in [1.82, 2.24) is 4.90 Å². The molecular formula is C20H21Cl2N3O4. The number of carbonyl (C=O) groups excluding carboxylic acids is 2. The Labute approximate surface area is 178 Å². The van der Waals surface area contributed by atoms with E-state index in [-0.39, 0.29) is 24.9 Å². The van der Waals surface area contributed by atoms with Gasteiger partial charge in [0.15, 0.2) is 11.5 Å². The number of nitrogens with one attached hydrogen (secondary N) is 2. The van der Waals surface area contributed by atoms with Gasteiger partial charge in [-0.15, -0.1) is 0 Å². The van der Waals surface area contributed by atoms with E-state index in [1.165, 1.54) is 0 Å². The van der Waals surface area contributed by atoms with E-state index in [1.54, 1.807) is 48.3 Å². The Morgan fingerprint density at radius 3 is 2.14 bits per heavy atom. The van der Waals surface area contributed by atoms with Crippen LogP contribution in [0.15, 0.2) is 36.4 Å². The molecule has 2 N–H and O–H groups in total. The molecule has 0 bridgehead atoms. The van der Waals surface area contributed by atoms with Crippen LogP contribution in [-0.2, 0) is 9.59 Å². The van der Waals surface area contributed by atoms with Crippen LogP contribution < -0.4 is 20.1 Å². The Kier molecular flexibility index (Phi) is 7.19. The standard InChI is InChI=1S/C20H21Cl2N3O4/c1-25(11-19(26)23-13-3-5-15(21)16(22)9-13)12-20(27)24-14-4-6-17-18(10-14)29-8-2-7-28-17/h3-6,9-10H,2,7-8,11-12H2,1H3,(H,23,26)(H,24,27). The van der Waals surface area contributed by atoms with E-state index in [0.717, 1.165) is 6.42 Å². The number of nitrogens with zero attached hydrogens (tertiary/aromatic N) is 1. The van der Waals surface area contributed by atoms with Gasteiger partial charge < -0.3 is 20.1 Å². The number of likely N-dealkylation sites (N-methyl/N-ethyl adjacent to an activating group) is 1. The highest BCUT2D eigenvalue weighted by Crippen LogP contribution is 2.32. The highest BCUT2D eigenvalue weighted by Gasteiger charge is 2.14. The predicted octanol–water partition coefficient (Wildman–Crippen LogP) is 3.66. The van der Waals surface area contributed by atoms with Crippen LogP contribution in [0.1, 0.15) is 6.42 Å². The van der Waals surface area contributed by atoms with Gasteiger partial charge in [0, 0.05) is 23.9 Å². The van der Waals surface area contributed by atoms with Crippen molar-refractivity contribution < 1.29 is 19.1 Å². The average molecular weight is 438 g/mol. The van der Waals surface area contributed by atoms with Crippen LogP contribution in [0.3, 0.4) is 0 Å². The number of hydrogen-bond donors (Lipinski definition) is 2. The SMILES string of the molecule is CN(CC(=O)Nc1ccc(Cl)c(Cl)c1)CC(=O)Nc1ccc2c(c1)OCCCO2. The molecule has 0 aliphatic carbocycles. The molecule has 154 valence electrons. The largest absolute Gasteiger partial charge is 0.490 e. The fourth-order valence-electron chi connectivity index (χ4n) is 2.76. The molecule has 29 heavy (non-hydrogen) atoms. The minimum absolute atomic E-state index is 0.0365. The van der Waals surface area contributed by atoms with Gasteiger partial charge in [-0.25, -0.2) is 0 Å². The van der Waals surface area contributed by atoms with Crippen LogP contribution in [0.4, 0.5) is 11.4 Å². The van der Waals surface area contributed by atoms with Crippen LogP contribution in [-0.4, -0.2) is 50.1 Å². The lowest BCUT2D eigenvalue weighted by Gasteiger charge is -2.16. The predicted molar refractivity (Wildman–Crippen MR) is 113 cm³/mol. The zero-order valence-electron chi connectivity index (χ0n) is 15.8. The third kappa shape index (κ3) is 6.25. The van der Waals surface area contributed by atoms with E-state index in [0.29, 0.717) is 46.1 Å². The summed E-state index contributed by atoms with van der Waals surface area (Å²) >= 11 is 11.8. The van der Waals surface area contributed by atoms with Gasteiger partial charge in [0.1, 0.15) is 0 Å². The van der Waals surface area contributed by atoms with Gasteiger partial charge in [-0.05, 0) is 37.4 Å². The van der Waals surface area contributed by atoms with Crippen molar-refractivity contribution in [2.24, 2.45) is 0 Å². The Balaban J connectivity index is 1.49. The first-order valence-corrected chi connectivity index (χ1v) is 9.79. The second-order valence-corrected chi connectivity index (χ2v) is 7.42. The first-order valence-electron chi connectivity index (χ1n) is 9.03. The molecule has 0 aromatic heterocycles. The first kappa shape index (κ1) is 21.2. The van der Waals surface area contributed by atoms with E-state index < -0.39 is 0 Å². The van der Waals surface area contributed by atoms with E-state index in [9.17, 15) is 9.59 Å². The number of rotatable bonds is 6. The summed E-state index contributed by atoms with van der Waals surface area (Å²) in [5.41, 5.74) is 1.14. The Bertz CT molecular complexity index is 907. The highest BCUT2D eigenvalue weighted by molar-refractivity contribution is 6.42. The minimum atomic E-state index is -0.269. The molecule has 0 spiro atoms. The molecule has 0 radical (unpaired) electrons. The molecule has 2 aromatic carbocycles. The smallest absolute Gasteiger partial charge is 0.238 e. The van der Waals surface area contributed by atoms with Gasteiger partial charge in [0.05, 0.1) is 36.3 Å². The van der Waals surface area contributed by atoms with Crippen molar-refractivity contribution in [3.8, 4) is 11.5 Å². The maximum Gasteiger partial charge on any atom is 0.238 e. The lowest BCUT2D eigenvalue weighted by molar-refractivity contribution is -0.119. The second kappa shape index (κ2) is 9.82. The van der Waals surface area contributed by atoms with Crippen molar-refractivity contribution >= 4 is 46.4 Å². The Morgan fingerprint density at radius 2 is 1.48 bits per heavy atom. The van der Waals surface area contributed by atoms with Gasteiger partial charge >= 0.3 is 0 Å². The third-order valence-corrected chi connectivity index (χ3v) is 4.80. The highest BCUT2D eigenvalue weighted by atomic mass is 35.5. The maximum absolute atomic E-state index is 12.3. The normalized spacial score (nSPS) is 13.0. The van der Waals surface area contributed by atoms with Gasteiger partial charge in [0.25, 0.3) is 0 Å². The fraction of sp³-hybridized carbons (Fsp3) is 0.300. The molecule has 0 saturated heterocycles. The van der Waals surface area contributed by atoms with Gasteiger partial charge in [-0.2, -0.15) is 0 Å². The molecule has 0 saturated carbocycles. The number of hydrogen-bond acceptors (Lipinski definition) is 5. The summed E-state index contributed by atoms with van der Waals surface area (Å²) in [5, 5.41) is 6.28. The lowest BCUT2D eigenvalue weighted by atomic mass is 10.2. The molecule has 0 unspecified atom stereocenters. The molecular weight excluding hydrogens is 417 g/mol. The number of halogens is 2. The minimum Gasteiger partial charge on any atom is -0.490 e. The molecule has 7 nitrogen and oxygen atoms in total. The second-order valence-electron chi connectivity index (χ2n) is 6.61. The summed E-state index contributed by atoms with van der Waals surface area (Å²) in [5.74, 6) is 0.754. The fourth-order valence-corrected chi connectivity index (χ4v) is 3.06. The summed E-state index contributed by atoms with van der Waals surface area (Å²) in [6.07, 6.45) is 0.811. The number of ether oxygens (including phenoxy) is 2. The van der Waals surface area contributed by atoms with Crippen LogP contribution in [0.2, 0.25) is 10.0 Å². The number of amides is 2. The molecule has 0 atom stereocenters.